The number of aromatic nitrogens is 1. The van der Waals surface area contributed by atoms with Gasteiger partial charge in [-0.05, 0) is 34.5 Å². The van der Waals surface area contributed by atoms with Crippen molar-refractivity contribution in [2.75, 3.05) is 0 Å². The molecule has 0 aromatic carbocycles. The molecule has 9 heteroatoms. The van der Waals surface area contributed by atoms with E-state index < -0.39 is 23.6 Å². The Balaban J connectivity index is 2.58. The summed E-state index contributed by atoms with van der Waals surface area (Å²) in [7, 11) is 0. The molecule has 2 heterocycles. The predicted octanol–water partition coefficient (Wildman–Crippen LogP) is 4.19. The second-order valence-electron chi connectivity index (χ2n) is 3.57. The average Bonchev–Trinajstić information content (AvgIpc) is 2.82. The Morgan fingerprint density at radius 3 is 2.53 bits per heavy atom. The number of rotatable bonds is 2. The third-order valence-corrected chi connectivity index (χ3v) is 4.28. The van der Waals surface area contributed by atoms with Crippen molar-refractivity contribution in [2.45, 2.75) is 13.1 Å². The van der Waals surface area contributed by atoms with E-state index in [-0.39, 0.29) is 5.89 Å². The van der Waals surface area contributed by atoms with Gasteiger partial charge in [0.15, 0.2) is 5.69 Å². The summed E-state index contributed by atoms with van der Waals surface area (Å²) in [5.41, 5.74) is -0.735. The molecule has 0 atom stereocenters. The van der Waals surface area contributed by atoms with E-state index >= 15 is 0 Å². The van der Waals surface area contributed by atoms with E-state index in [1.807, 2.05) is 0 Å². The molecule has 0 bridgehead atoms. The van der Waals surface area contributed by atoms with Crippen LogP contribution in [0.15, 0.2) is 14.3 Å². The fraction of sp³-hybridized carbons (Fsp3) is 0.200. The van der Waals surface area contributed by atoms with Gasteiger partial charge >= 0.3 is 12.1 Å². The van der Waals surface area contributed by atoms with Crippen molar-refractivity contribution in [1.82, 2.24) is 4.98 Å². The maximum absolute atomic E-state index is 12.6. The molecule has 0 aliphatic rings. The van der Waals surface area contributed by atoms with Crippen LogP contribution in [0, 0.1) is 6.92 Å². The van der Waals surface area contributed by atoms with E-state index in [4.69, 9.17) is 9.52 Å². The fourth-order valence-electron chi connectivity index (χ4n) is 1.33. The molecule has 0 fully saturated rings. The SMILES string of the molecule is Cc1cc(-c2nc(C(F)(F)F)c(C(=O)O)o2)sc1Br. The lowest BCUT2D eigenvalue weighted by molar-refractivity contribution is -0.141. The Bertz CT molecular complexity index is 627. The number of halogens is 4. The molecule has 19 heavy (non-hydrogen) atoms. The number of aryl methyl sites for hydroxylation is 1. The van der Waals surface area contributed by atoms with Crippen molar-refractivity contribution in [3.05, 3.63) is 26.9 Å². The summed E-state index contributed by atoms with van der Waals surface area (Å²) in [6.07, 6.45) is -4.88. The van der Waals surface area contributed by atoms with Crippen LogP contribution in [0.5, 0.6) is 0 Å². The van der Waals surface area contributed by atoms with E-state index in [0.717, 1.165) is 16.9 Å². The normalized spacial score (nSPS) is 11.8. The maximum atomic E-state index is 12.6. The zero-order valence-corrected chi connectivity index (χ0v) is 11.6. The van der Waals surface area contributed by atoms with Crippen molar-refractivity contribution in [3.8, 4) is 10.8 Å². The molecule has 102 valence electrons. The predicted molar refractivity (Wildman–Crippen MR) is 64.2 cm³/mol. The minimum Gasteiger partial charge on any atom is -0.475 e. The second-order valence-corrected chi connectivity index (χ2v) is 5.94. The second kappa shape index (κ2) is 4.64. The zero-order chi connectivity index (χ0) is 14.4. The Morgan fingerprint density at radius 2 is 2.16 bits per heavy atom. The third kappa shape index (κ3) is 2.66. The minimum absolute atomic E-state index is 0.322. The number of carboxylic acid groups (broad SMARTS) is 1. The highest BCUT2D eigenvalue weighted by atomic mass is 79.9. The lowest BCUT2D eigenvalue weighted by Gasteiger charge is -2.00. The van der Waals surface area contributed by atoms with Crippen LogP contribution in [0.4, 0.5) is 13.2 Å². The van der Waals surface area contributed by atoms with Gasteiger partial charge in [-0.25, -0.2) is 9.78 Å². The number of hydrogen-bond acceptors (Lipinski definition) is 4. The molecule has 0 saturated carbocycles. The van der Waals surface area contributed by atoms with E-state index in [2.05, 4.69) is 20.9 Å². The van der Waals surface area contributed by atoms with Gasteiger partial charge in [0, 0.05) is 0 Å². The van der Waals surface area contributed by atoms with E-state index in [9.17, 15) is 18.0 Å². The van der Waals surface area contributed by atoms with Gasteiger partial charge in [0.25, 0.3) is 0 Å². The highest BCUT2D eigenvalue weighted by molar-refractivity contribution is 9.11. The Hall–Kier alpha value is -1.35. The summed E-state index contributed by atoms with van der Waals surface area (Å²) in [6.45, 7) is 1.75. The third-order valence-electron chi connectivity index (χ3n) is 2.16. The fourth-order valence-corrected chi connectivity index (χ4v) is 2.79. The molecule has 2 rings (SSSR count). The molecule has 0 spiro atoms. The molecule has 1 N–H and O–H groups in total. The first-order valence-electron chi connectivity index (χ1n) is 4.77. The largest absolute Gasteiger partial charge is 0.475 e. The number of alkyl halides is 3. The van der Waals surface area contributed by atoms with Crippen molar-refractivity contribution >= 4 is 33.2 Å². The topological polar surface area (TPSA) is 63.3 Å². The molecule has 2 aromatic rings. The molecule has 0 amide bonds. The quantitative estimate of drug-likeness (QED) is 0.877. The Labute approximate surface area is 117 Å². The van der Waals surface area contributed by atoms with Crippen molar-refractivity contribution in [1.29, 1.82) is 0 Å². The molecule has 0 saturated heterocycles. The zero-order valence-electron chi connectivity index (χ0n) is 9.21. The molecule has 2 aromatic heterocycles. The summed E-state index contributed by atoms with van der Waals surface area (Å²) in [5.74, 6) is -3.37. The number of oxazole rings is 1. The lowest BCUT2D eigenvalue weighted by Crippen LogP contribution is -2.11. The summed E-state index contributed by atoms with van der Waals surface area (Å²) in [4.78, 5) is 14.3. The van der Waals surface area contributed by atoms with Crippen molar-refractivity contribution in [2.24, 2.45) is 0 Å². The summed E-state index contributed by atoms with van der Waals surface area (Å²) in [5, 5.41) is 8.71. The van der Waals surface area contributed by atoms with Crippen LogP contribution < -0.4 is 0 Å². The van der Waals surface area contributed by atoms with Crippen LogP contribution in [0.25, 0.3) is 10.8 Å². The van der Waals surface area contributed by atoms with Gasteiger partial charge in [0.1, 0.15) is 0 Å². The number of nitrogens with zero attached hydrogens (tertiary/aromatic N) is 1. The van der Waals surface area contributed by atoms with Gasteiger partial charge in [0.05, 0.1) is 8.66 Å². The van der Waals surface area contributed by atoms with Gasteiger partial charge in [-0.3, -0.25) is 0 Å². The summed E-state index contributed by atoms with van der Waals surface area (Å²) >= 11 is 4.33. The van der Waals surface area contributed by atoms with E-state index in [1.54, 1.807) is 13.0 Å². The Kier molecular flexibility index (Phi) is 3.43. The first kappa shape index (κ1) is 14.1. The van der Waals surface area contributed by atoms with Crippen molar-refractivity contribution in [3.63, 3.8) is 0 Å². The summed E-state index contributed by atoms with van der Waals surface area (Å²) in [6, 6.07) is 1.56. The van der Waals surface area contributed by atoms with Crippen LogP contribution in [-0.2, 0) is 6.18 Å². The van der Waals surface area contributed by atoms with E-state index in [0.29, 0.717) is 8.66 Å². The van der Waals surface area contributed by atoms with Crippen LogP contribution >= 0.6 is 27.3 Å². The van der Waals surface area contributed by atoms with E-state index in [1.165, 1.54) is 0 Å². The lowest BCUT2D eigenvalue weighted by atomic mass is 10.3. The van der Waals surface area contributed by atoms with Gasteiger partial charge in [-0.1, -0.05) is 0 Å². The maximum Gasteiger partial charge on any atom is 0.437 e. The monoisotopic (exact) mass is 355 g/mol. The molecular weight excluding hydrogens is 351 g/mol. The molecular formula is C10H5BrF3NO3S. The molecule has 0 aliphatic heterocycles. The highest BCUT2D eigenvalue weighted by Crippen LogP contribution is 2.38. The number of aromatic carboxylic acids is 1. The number of thiophene rings is 1. The Morgan fingerprint density at radius 1 is 1.53 bits per heavy atom. The molecule has 0 radical (unpaired) electrons. The minimum atomic E-state index is -4.88. The number of hydrogen-bond donors (Lipinski definition) is 1. The first-order valence-corrected chi connectivity index (χ1v) is 6.38. The number of carboxylic acids is 1. The molecule has 0 unspecified atom stereocenters. The van der Waals surface area contributed by atoms with Gasteiger partial charge < -0.3 is 9.52 Å². The van der Waals surface area contributed by atoms with Gasteiger partial charge in [0.2, 0.25) is 11.7 Å². The van der Waals surface area contributed by atoms with Gasteiger partial charge in [-0.15, -0.1) is 11.3 Å². The highest BCUT2D eigenvalue weighted by Gasteiger charge is 2.41. The smallest absolute Gasteiger partial charge is 0.437 e. The van der Waals surface area contributed by atoms with Crippen LogP contribution in [0.3, 0.4) is 0 Å². The van der Waals surface area contributed by atoms with Crippen LogP contribution in [0.1, 0.15) is 21.8 Å². The molecule has 4 nitrogen and oxygen atoms in total. The average molecular weight is 356 g/mol. The standard InChI is InChI=1S/C10H5BrF3NO3S/c1-3-2-4(19-7(3)11)8-15-6(10(12,13)14)5(18-8)9(16)17/h2H,1H3,(H,16,17). The molecule has 0 aliphatic carbocycles. The van der Waals surface area contributed by atoms with Gasteiger partial charge in [-0.2, -0.15) is 13.2 Å². The van der Waals surface area contributed by atoms with Crippen LogP contribution in [-0.4, -0.2) is 16.1 Å². The summed E-state index contributed by atoms with van der Waals surface area (Å²) < 4.78 is 43.3. The first-order chi connectivity index (χ1) is 8.70. The number of carbonyl (C=O) groups is 1. The van der Waals surface area contributed by atoms with Crippen LogP contribution in [0.2, 0.25) is 0 Å². The van der Waals surface area contributed by atoms with Crippen molar-refractivity contribution < 1.29 is 27.5 Å².